The van der Waals surface area contributed by atoms with Gasteiger partial charge in [0.15, 0.2) is 5.96 Å². The molecule has 0 aliphatic carbocycles. The highest BCUT2D eigenvalue weighted by molar-refractivity contribution is 5.80. The molecule has 0 aromatic heterocycles. The summed E-state index contributed by atoms with van der Waals surface area (Å²) in [5.74, 6) is 1.68. The quantitative estimate of drug-likeness (QED) is 0.621. The first kappa shape index (κ1) is 20.6. The Hall–Kier alpha value is -2.08. The lowest BCUT2D eigenvalue weighted by molar-refractivity contribution is -0.131. The van der Waals surface area contributed by atoms with E-state index in [0.29, 0.717) is 18.4 Å². The average molecular weight is 386 g/mol. The molecule has 0 radical (unpaired) electrons. The van der Waals surface area contributed by atoms with Gasteiger partial charge in [0.25, 0.3) is 0 Å². The predicted octanol–water partition coefficient (Wildman–Crippen LogP) is 1.91. The normalized spacial score (nSPS) is 19.8. The Morgan fingerprint density at radius 2 is 1.82 bits per heavy atom. The summed E-state index contributed by atoms with van der Waals surface area (Å²) in [6.07, 6.45) is 2.31. The molecule has 6 nitrogen and oxygen atoms in total. The van der Waals surface area contributed by atoms with Crippen LogP contribution in [0.3, 0.4) is 0 Å². The summed E-state index contributed by atoms with van der Waals surface area (Å²) in [5, 5.41) is 3.54. The number of amides is 1. The second kappa shape index (κ2) is 9.92. The molecule has 3 rings (SSSR count). The Kier molecular flexibility index (Phi) is 7.31. The molecule has 0 spiro atoms. The summed E-state index contributed by atoms with van der Waals surface area (Å²) < 4.78 is 0. The van der Waals surface area contributed by atoms with E-state index in [4.69, 9.17) is 0 Å². The van der Waals surface area contributed by atoms with Crippen molar-refractivity contribution in [3.05, 3.63) is 35.4 Å². The number of nitrogens with zero attached hydrogens (tertiary/aromatic N) is 4. The Morgan fingerprint density at radius 3 is 2.46 bits per heavy atom. The number of hydrogen-bond donors (Lipinski definition) is 1. The van der Waals surface area contributed by atoms with Crippen LogP contribution in [0.25, 0.3) is 0 Å². The largest absolute Gasteiger partial charge is 0.356 e. The van der Waals surface area contributed by atoms with Crippen molar-refractivity contribution < 1.29 is 4.79 Å². The van der Waals surface area contributed by atoms with Crippen LogP contribution in [0, 0.1) is 6.92 Å². The van der Waals surface area contributed by atoms with Crippen molar-refractivity contribution >= 4 is 11.9 Å². The first-order valence-corrected chi connectivity index (χ1v) is 10.6. The topological polar surface area (TPSA) is 51.2 Å². The van der Waals surface area contributed by atoms with Gasteiger partial charge in [-0.3, -0.25) is 14.7 Å². The summed E-state index contributed by atoms with van der Waals surface area (Å²) in [7, 11) is 1.85. The molecule has 1 N–H and O–H groups in total. The lowest BCUT2D eigenvalue weighted by Crippen LogP contribution is -2.54. The van der Waals surface area contributed by atoms with E-state index in [9.17, 15) is 4.79 Å². The Morgan fingerprint density at radius 1 is 1.11 bits per heavy atom. The number of carbonyl (C=O) groups is 1. The Bertz CT molecular complexity index is 675. The van der Waals surface area contributed by atoms with Gasteiger partial charge in [0.05, 0.1) is 6.54 Å². The van der Waals surface area contributed by atoms with Gasteiger partial charge in [-0.1, -0.05) is 36.8 Å². The molecule has 2 saturated heterocycles. The van der Waals surface area contributed by atoms with E-state index in [1.807, 2.05) is 11.9 Å². The van der Waals surface area contributed by atoms with E-state index in [0.717, 1.165) is 64.6 Å². The number of aryl methyl sites for hydroxylation is 1. The molecule has 1 amide bonds. The number of likely N-dealkylation sites (tertiary alicyclic amines) is 1. The number of rotatable bonds is 5. The van der Waals surface area contributed by atoms with Crippen LogP contribution in [0.1, 0.15) is 36.8 Å². The van der Waals surface area contributed by atoms with Crippen molar-refractivity contribution in [1.29, 1.82) is 0 Å². The minimum Gasteiger partial charge on any atom is -0.356 e. The number of aliphatic imine (C=N–C) groups is 1. The third kappa shape index (κ3) is 5.47. The Labute approximate surface area is 169 Å². The predicted molar refractivity (Wildman–Crippen MR) is 115 cm³/mol. The van der Waals surface area contributed by atoms with Crippen molar-refractivity contribution in [3.8, 4) is 0 Å². The second-order valence-electron chi connectivity index (χ2n) is 8.09. The van der Waals surface area contributed by atoms with Gasteiger partial charge in [-0.15, -0.1) is 0 Å². The third-order valence-corrected chi connectivity index (χ3v) is 5.88. The number of piperazine rings is 1. The molecule has 2 heterocycles. The van der Waals surface area contributed by atoms with Gasteiger partial charge in [-0.05, 0) is 31.2 Å². The van der Waals surface area contributed by atoms with E-state index in [1.54, 1.807) is 0 Å². The smallest absolute Gasteiger partial charge is 0.236 e. The summed E-state index contributed by atoms with van der Waals surface area (Å²) in [6, 6.07) is 8.71. The zero-order chi connectivity index (χ0) is 19.9. The zero-order valence-electron chi connectivity index (χ0n) is 17.7. The molecule has 28 heavy (non-hydrogen) atoms. The van der Waals surface area contributed by atoms with Crippen LogP contribution >= 0.6 is 0 Å². The molecular formula is C22H35N5O. The zero-order valence-corrected chi connectivity index (χ0v) is 17.7. The van der Waals surface area contributed by atoms with Crippen LogP contribution < -0.4 is 5.32 Å². The average Bonchev–Trinajstić information content (AvgIpc) is 3.24. The van der Waals surface area contributed by atoms with Gasteiger partial charge in [0.2, 0.25) is 5.91 Å². The molecule has 1 aromatic rings. The minimum absolute atomic E-state index is 0.292. The first-order chi connectivity index (χ1) is 13.6. The van der Waals surface area contributed by atoms with E-state index >= 15 is 0 Å². The maximum absolute atomic E-state index is 12.4. The molecule has 2 aliphatic heterocycles. The Balaban J connectivity index is 1.43. The van der Waals surface area contributed by atoms with Crippen molar-refractivity contribution in [1.82, 2.24) is 20.0 Å². The summed E-state index contributed by atoms with van der Waals surface area (Å²) >= 11 is 0. The van der Waals surface area contributed by atoms with Crippen LogP contribution in [0.5, 0.6) is 0 Å². The van der Waals surface area contributed by atoms with Gasteiger partial charge >= 0.3 is 0 Å². The highest BCUT2D eigenvalue weighted by Crippen LogP contribution is 2.16. The van der Waals surface area contributed by atoms with E-state index < -0.39 is 0 Å². The number of nitrogens with one attached hydrogen (secondary N) is 1. The summed E-state index contributed by atoms with van der Waals surface area (Å²) in [5.41, 5.74) is 2.65. The minimum atomic E-state index is 0.292. The molecule has 1 atom stereocenters. The van der Waals surface area contributed by atoms with Crippen molar-refractivity contribution in [2.45, 2.75) is 32.6 Å². The fraction of sp³-hybridized carbons (Fsp3) is 0.636. The second-order valence-corrected chi connectivity index (χ2v) is 8.09. The molecule has 1 aromatic carbocycles. The fourth-order valence-electron chi connectivity index (χ4n) is 4.05. The van der Waals surface area contributed by atoms with Gasteiger partial charge in [-0.2, -0.15) is 0 Å². The molecule has 2 fully saturated rings. The molecule has 154 valence electrons. The highest BCUT2D eigenvalue weighted by atomic mass is 16.2. The maximum atomic E-state index is 12.4. The van der Waals surface area contributed by atoms with Crippen LogP contribution in [0.2, 0.25) is 0 Å². The standard InChI is InChI=1S/C22H35N5O/c1-18-7-6-8-20(15-18)19(2)16-24-22(23-3)27-13-11-25(12-14-27)17-21(28)26-9-4-5-10-26/h6-8,15,19H,4-5,9-14,16-17H2,1-3H3,(H,23,24). The monoisotopic (exact) mass is 385 g/mol. The molecule has 0 saturated carbocycles. The number of benzene rings is 1. The number of guanidine groups is 1. The van der Waals surface area contributed by atoms with Crippen molar-refractivity contribution in [2.24, 2.45) is 4.99 Å². The van der Waals surface area contributed by atoms with Gasteiger partial charge in [0.1, 0.15) is 0 Å². The number of carbonyl (C=O) groups excluding carboxylic acids is 1. The third-order valence-electron chi connectivity index (χ3n) is 5.88. The molecule has 1 unspecified atom stereocenters. The van der Waals surface area contributed by atoms with Gasteiger partial charge in [-0.25, -0.2) is 0 Å². The van der Waals surface area contributed by atoms with Crippen molar-refractivity contribution in [3.63, 3.8) is 0 Å². The van der Waals surface area contributed by atoms with Crippen molar-refractivity contribution in [2.75, 3.05) is 59.4 Å². The lowest BCUT2D eigenvalue weighted by Gasteiger charge is -2.37. The van der Waals surface area contributed by atoms with E-state index in [2.05, 4.69) is 58.2 Å². The summed E-state index contributed by atoms with van der Waals surface area (Å²) in [4.78, 5) is 23.4. The number of hydrogen-bond acceptors (Lipinski definition) is 3. The van der Waals surface area contributed by atoms with Crippen LogP contribution in [0.15, 0.2) is 29.3 Å². The molecule has 2 aliphatic rings. The lowest BCUT2D eigenvalue weighted by atomic mass is 9.99. The van der Waals surface area contributed by atoms with Crippen LogP contribution in [0.4, 0.5) is 0 Å². The molecule has 6 heteroatoms. The molecule has 0 bridgehead atoms. The summed E-state index contributed by atoms with van der Waals surface area (Å²) in [6.45, 7) is 11.3. The fourth-order valence-corrected chi connectivity index (χ4v) is 4.05. The first-order valence-electron chi connectivity index (χ1n) is 10.6. The van der Waals surface area contributed by atoms with Gasteiger partial charge in [0, 0.05) is 52.9 Å². The maximum Gasteiger partial charge on any atom is 0.236 e. The van der Waals surface area contributed by atoms with Gasteiger partial charge < -0.3 is 15.1 Å². The molecular weight excluding hydrogens is 350 g/mol. The van der Waals surface area contributed by atoms with Crippen LogP contribution in [-0.4, -0.2) is 86.0 Å². The van der Waals surface area contributed by atoms with Crippen LogP contribution in [-0.2, 0) is 4.79 Å². The van der Waals surface area contributed by atoms with E-state index in [-0.39, 0.29) is 0 Å². The highest BCUT2D eigenvalue weighted by Gasteiger charge is 2.24. The van der Waals surface area contributed by atoms with E-state index in [1.165, 1.54) is 11.1 Å². The SMILES string of the molecule is CN=C(NCC(C)c1cccc(C)c1)N1CCN(CC(=O)N2CCCC2)CC1.